The van der Waals surface area contributed by atoms with Crippen LogP contribution in [0.2, 0.25) is 0 Å². The van der Waals surface area contributed by atoms with Gasteiger partial charge in [0.05, 0.1) is 6.04 Å². The normalized spacial score (nSPS) is 12.6. The molecule has 1 aromatic heterocycles. The highest BCUT2D eigenvalue weighted by Crippen LogP contribution is 2.31. The molecule has 0 aliphatic heterocycles. The zero-order chi connectivity index (χ0) is 14.0. The van der Waals surface area contributed by atoms with Crippen LogP contribution in [-0.2, 0) is 0 Å². The number of carboxylic acid groups (broad SMARTS) is 1. The number of aryl methyl sites for hydroxylation is 1. The van der Waals surface area contributed by atoms with Crippen LogP contribution in [0.5, 0.6) is 0 Å². The van der Waals surface area contributed by atoms with Crippen LogP contribution in [0.1, 0.15) is 32.7 Å². The lowest BCUT2D eigenvalue weighted by Gasteiger charge is -2.24. The van der Waals surface area contributed by atoms with Crippen molar-refractivity contribution in [2.24, 2.45) is 0 Å². The fourth-order valence-electron chi connectivity index (χ4n) is 2.04. The predicted octanol–water partition coefficient (Wildman–Crippen LogP) is 2.80. The minimum Gasteiger partial charge on any atom is -0.476 e. The van der Waals surface area contributed by atoms with Crippen LogP contribution in [-0.4, -0.2) is 35.1 Å². The topological polar surface area (TPSA) is 53.4 Å². The van der Waals surface area contributed by atoms with Gasteiger partial charge in [-0.3, -0.25) is 4.90 Å². The van der Waals surface area contributed by atoms with Crippen LogP contribution >= 0.6 is 11.3 Å². The first-order chi connectivity index (χ1) is 9.00. The van der Waals surface area contributed by atoms with Crippen molar-refractivity contribution in [1.82, 2.24) is 9.88 Å². The van der Waals surface area contributed by atoms with Gasteiger partial charge in [-0.15, -0.1) is 11.3 Å². The molecule has 2 rings (SSSR count). The number of hydrogen-bond donors (Lipinski definition) is 1. The van der Waals surface area contributed by atoms with Crippen molar-refractivity contribution in [1.29, 1.82) is 0 Å². The molecule has 0 fully saturated rings. The Bertz CT molecular complexity index is 593. The Kier molecular flexibility index (Phi) is 3.97. The van der Waals surface area contributed by atoms with Gasteiger partial charge in [-0.05, 0) is 32.1 Å². The molecule has 0 aliphatic rings. The fourth-order valence-corrected chi connectivity index (χ4v) is 3.04. The van der Waals surface area contributed by atoms with Gasteiger partial charge in [-0.1, -0.05) is 24.3 Å². The number of rotatable bonds is 4. The van der Waals surface area contributed by atoms with Crippen molar-refractivity contribution < 1.29 is 9.90 Å². The molecule has 100 valence electrons. The zero-order valence-electron chi connectivity index (χ0n) is 11.1. The average Bonchev–Trinajstić information content (AvgIpc) is 2.81. The third-order valence-corrected chi connectivity index (χ3v) is 3.87. The van der Waals surface area contributed by atoms with Crippen LogP contribution in [0, 0.1) is 6.92 Å². The Balaban J connectivity index is 2.46. The molecule has 0 radical (unpaired) electrons. The Labute approximate surface area is 116 Å². The highest BCUT2D eigenvalue weighted by Gasteiger charge is 2.22. The first kappa shape index (κ1) is 13.7. The van der Waals surface area contributed by atoms with Crippen molar-refractivity contribution in [2.75, 3.05) is 14.1 Å². The van der Waals surface area contributed by atoms with Gasteiger partial charge in [0.15, 0.2) is 5.69 Å². The Morgan fingerprint density at radius 3 is 2.58 bits per heavy atom. The van der Waals surface area contributed by atoms with Crippen LogP contribution in [0.25, 0.3) is 0 Å². The summed E-state index contributed by atoms with van der Waals surface area (Å²) in [6, 6.07) is 8.08. The summed E-state index contributed by atoms with van der Waals surface area (Å²) < 4.78 is 0. The molecule has 0 aliphatic carbocycles. The summed E-state index contributed by atoms with van der Waals surface area (Å²) in [4.78, 5) is 17.2. The largest absolute Gasteiger partial charge is 0.476 e. The standard InChI is InChI=1S/C14H16N2O2S/c1-9-6-4-5-7-10(9)12(16(2)3)13-15-11(8-19-13)14(17)18/h4-8,12H,1-3H3,(H,17,18). The molecule has 0 bridgehead atoms. The fraction of sp³-hybridized carbons (Fsp3) is 0.286. The maximum atomic E-state index is 10.9. The van der Waals surface area contributed by atoms with E-state index in [-0.39, 0.29) is 11.7 Å². The van der Waals surface area contributed by atoms with Gasteiger partial charge < -0.3 is 5.11 Å². The number of thiazole rings is 1. The maximum Gasteiger partial charge on any atom is 0.355 e. The van der Waals surface area contributed by atoms with Gasteiger partial charge in [0, 0.05) is 5.38 Å². The molecular weight excluding hydrogens is 260 g/mol. The summed E-state index contributed by atoms with van der Waals surface area (Å²) >= 11 is 1.38. The van der Waals surface area contributed by atoms with Gasteiger partial charge >= 0.3 is 5.97 Å². The summed E-state index contributed by atoms with van der Waals surface area (Å²) in [5.74, 6) is -0.982. The minimum absolute atomic E-state index is 0.0145. The zero-order valence-corrected chi connectivity index (χ0v) is 11.9. The van der Waals surface area contributed by atoms with Gasteiger partial charge in [0.1, 0.15) is 5.01 Å². The lowest BCUT2D eigenvalue weighted by molar-refractivity contribution is 0.0691. The summed E-state index contributed by atoms with van der Waals surface area (Å²) in [6.45, 7) is 2.05. The molecular formula is C14H16N2O2S. The summed E-state index contributed by atoms with van der Waals surface area (Å²) in [5, 5.41) is 11.4. The number of hydrogen-bond acceptors (Lipinski definition) is 4. The van der Waals surface area contributed by atoms with Crippen LogP contribution in [0.3, 0.4) is 0 Å². The third kappa shape index (κ3) is 2.83. The Hall–Kier alpha value is -1.72. The second-order valence-corrected chi connectivity index (χ2v) is 5.49. The van der Waals surface area contributed by atoms with E-state index in [4.69, 9.17) is 5.11 Å². The monoisotopic (exact) mass is 276 g/mol. The second-order valence-electron chi connectivity index (χ2n) is 4.60. The van der Waals surface area contributed by atoms with Crippen molar-refractivity contribution in [3.05, 3.63) is 51.5 Å². The van der Waals surface area contributed by atoms with E-state index < -0.39 is 5.97 Å². The predicted molar refractivity (Wildman–Crippen MR) is 75.8 cm³/mol. The molecule has 0 spiro atoms. The highest BCUT2D eigenvalue weighted by molar-refractivity contribution is 7.10. The summed E-state index contributed by atoms with van der Waals surface area (Å²) in [7, 11) is 3.94. The Morgan fingerprint density at radius 1 is 1.37 bits per heavy atom. The van der Waals surface area contributed by atoms with E-state index in [1.54, 1.807) is 5.38 Å². The van der Waals surface area contributed by atoms with E-state index in [1.807, 2.05) is 31.1 Å². The van der Waals surface area contributed by atoms with Gasteiger partial charge in [-0.2, -0.15) is 0 Å². The van der Waals surface area contributed by atoms with Crippen molar-refractivity contribution in [3.8, 4) is 0 Å². The van der Waals surface area contributed by atoms with Gasteiger partial charge in [-0.25, -0.2) is 9.78 Å². The van der Waals surface area contributed by atoms with E-state index in [0.717, 1.165) is 10.6 Å². The van der Waals surface area contributed by atoms with Crippen molar-refractivity contribution in [3.63, 3.8) is 0 Å². The lowest BCUT2D eigenvalue weighted by Crippen LogP contribution is -2.22. The number of aromatic nitrogens is 1. The quantitative estimate of drug-likeness (QED) is 0.933. The molecule has 5 heteroatoms. The van der Waals surface area contributed by atoms with Crippen LogP contribution < -0.4 is 0 Å². The van der Waals surface area contributed by atoms with Crippen molar-refractivity contribution in [2.45, 2.75) is 13.0 Å². The average molecular weight is 276 g/mol. The van der Waals surface area contributed by atoms with Crippen LogP contribution in [0.15, 0.2) is 29.6 Å². The molecule has 2 aromatic rings. The van der Waals surface area contributed by atoms with E-state index in [1.165, 1.54) is 16.9 Å². The molecule has 4 nitrogen and oxygen atoms in total. The molecule has 1 heterocycles. The summed E-state index contributed by atoms with van der Waals surface area (Å²) in [5.41, 5.74) is 2.44. The molecule has 0 saturated carbocycles. The second kappa shape index (κ2) is 5.50. The lowest BCUT2D eigenvalue weighted by atomic mass is 10.0. The molecule has 0 amide bonds. The first-order valence-corrected chi connectivity index (χ1v) is 6.79. The van der Waals surface area contributed by atoms with E-state index in [2.05, 4.69) is 24.0 Å². The molecule has 1 atom stereocenters. The number of aromatic carboxylic acids is 1. The smallest absolute Gasteiger partial charge is 0.355 e. The SMILES string of the molecule is Cc1ccccc1C(c1nc(C(=O)O)cs1)N(C)C. The molecule has 1 aromatic carbocycles. The molecule has 1 N–H and O–H groups in total. The highest BCUT2D eigenvalue weighted by atomic mass is 32.1. The summed E-state index contributed by atoms with van der Waals surface area (Å²) in [6.07, 6.45) is 0. The first-order valence-electron chi connectivity index (χ1n) is 5.91. The Morgan fingerprint density at radius 2 is 2.05 bits per heavy atom. The number of carbonyl (C=O) groups is 1. The molecule has 1 unspecified atom stereocenters. The van der Waals surface area contributed by atoms with Crippen molar-refractivity contribution >= 4 is 17.3 Å². The van der Waals surface area contributed by atoms with Gasteiger partial charge in [0.2, 0.25) is 0 Å². The number of carboxylic acids is 1. The molecule has 19 heavy (non-hydrogen) atoms. The molecule has 0 saturated heterocycles. The van der Waals surface area contributed by atoms with E-state index >= 15 is 0 Å². The van der Waals surface area contributed by atoms with E-state index in [9.17, 15) is 4.79 Å². The number of benzene rings is 1. The van der Waals surface area contributed by atoms with E-state index in [0.29, 0.717) is 0 Å². The maximum absolute atomic E-state index is 10.9. The minimum atomic E-state index is -0.982. The number of nitrogens with zero attached hydrogens (tertiary/aromatic N) is 2. The third-order valence-electron chi connectivity index (χ3n) is 2.97. The van der Waals surface area contributed by atoms with Crippen LogP contribution in [0.4, 0.5) is 0 Å². The van der Waals surface area contributed by atoms with Gasteiger partial charge in [0.25, 0.3) is 0 Å².